The lowest BCUT2D eigenvalue weighted by molar-refractivity contribution is -0.117. The molecule has 2 aromatic rings. The highest BCUT2D eigenvalue weighted by molar-refractivity contribution is 6.45. The van der Waals surface area contributed by atoms with Gasteiger partial charge in [-0.1, -0.05) is 18.0 Å². The molecule has 0 radical (unpaired) electrons. The molecular weight excluding hydrogens is 376 g/mol. The van der Waals surface area contributed by atoms with Crippen molar-refractivity contribution in [1.82, 2.24) is 14.8 Å². The average Bonchev–Trinajstić information content (AvgIpc) is 3.04. The van der Waals surface area contributed by atoms with Crippen molar-refractivity contribution < 1.29 is 9.59 Å². The fourth-order valence-corrected chi connectivity index (χ4v) is 3.94. The van der Waals surface area contributed by atoms with E-state index in [9.17, 15) is 9.59 Å². The highest BCUT2D eigenvalue weighted by Crippen LogP contribution is 2.31. The molecule has 0 spiro atoms. The Hall–Kier alpha value is -2.05. The summed E-state index contributed by atoms with van der Waals surface area (Å²) in [5, 5.41) is 3.86. The molecule has 1 aromatic carbocycles. The Labute approximate surface area is 171 Å². The van der Waals surface area contributed by atoms with Crippen LogP contribution in [0, 0.1) is 0 Å². The fourth-order valence-electron chi connectivity index (χ4n) is 3.79. The molecule has 1 amide bonds. The van der Waals surface area contributed by atoms with E-state index in [1.54, 1.807) is 18.3 Å². The minimum Gasteiger partial charge on any atom is -0.398 e. The second kappa shape index (κ2) is 8.97. The molecule has 152 valence electrons. The quantitative estimate of drug-likeness (QED) is 0.319. The summed E-state index contributed by atoms with van der Waals surface area (Å²) in [4.78, 5) is 27.6. The predicted octanol–water partition coefficient (Wildman–Crippen LogP) is 3.63. The van der Waals surface area contributed by atoms with Crippen molar-refractivity contribution in [2.24, 2.45) is 0 Å². The first kappa shape index (κ1) is 20.7. The maximum Gasteiger partial charge on any atom is 0.292 e. The molecule has 1 aliphatic heterocycles. The van der Waals surface area contributed by atoms with Crippen molar-refractivity contribution in [3.05, 3.63) is 28.9 Å². The van der Waals surface area contributed by atoms with Crippen molar-refractivity contribution in [2.45, 2.75) is 45.6 Å². The Morgan fingerprint density at radius 3 is 2.61 bits per heavy atom. The number of rotatable bonds is 7. The van der Waals surface area contributed by atoms with Gasteiger partial charge in [-0.05, 0) is 64.9 Å². The van der Waals surface area contributed by atoms with Gasteiger partial charge in [0.15, 0.2) is 0 Å². The van der Waals surface area contributed by atoms with Crippen LogP contribution in [-0.4, -0.2) is 47.3 Å². The van der Waals surface area contributed by atoms with E-state index in [4.69, 9.17) is 17.3 Å². The van der Waals surface area contributed by atoms with E-state index in [2.05, 4.69) is 10.2 Å². The van der Waals surface area contributed by atoms with Crippen LogP contribution in [0.1, 0.15) is 55.9 Å². The lowest BCUT2D eigenvalue weighted by atomic mass is 10.1. The molecule has 0 atom stereocenters. The third-order valence-electron chi connectivity index (χ3n) is 5.34. The number of halogens is 1. The van der Waals surface area contributed by atoms with Gasteiger partial charge in [-0.25, -0.2) is 0 Å². The molecule has 1 aromatic heterocycles. The number of ketones is 1. The number of nitrogens with two attached hydrogens (primary N) is 1. The SMILES string of the molecule is CC(C)n1cc(C(=O)C(=O)NCCCN2CCCCC2)c2cc(N)c(Cl)cc21. The number of carbonyl (C=O) groups is 2. The molecule has 2 heterocycles. The summed E-state index contributed by atoms with van der Waals surface area (Å²) >= 11 is 6.16. The normalized spacial score (nSPS) is 15.3. The van der Waals surface area contributed by atoms with E-state index in [-0.39, 0.29) is 6.04 Å². The molecule has 3 N–H and O–H groups in total. The molecule has 28 heavy (non-hydrogen) atoms. The van der Waals surface area contributed by atoms with Gasteiger partial charge in [0.2, 0.25) is 0 Å². The summed E-state index contributed by atoms with van der Waals surface area (Å²) in [5.74, 6) is -1.11. The molecule has 6 nitrogen and oxygen atoms in total. The number of carbonyl (C=O) groups excluding carboxylic acids is 2. The molecule has 0 unspecified atom stereocenters. The fraction of sp³-hybridized carbons (Fsp3) is 0.524. The molecular formula is C21H29ClN4O2. The molecule has 3 rings (SSSR count). The second-order valence-corrected chi connectivity index (χ2v) is 8.18. The summed E-state index contributed by atoms with van der Waals surface area (Å²) in [7, 11) is 0. The third-order valence-corrected chi connectivity index (χ3v) is 5.67. The number of piperidine rings is 1. The number of nitrogens with one attached hydrogen (secondary N) is 1. The number of nitrogens with zero attached hydrogens (tertiary/aromatic N) is 2. The highest BCUT2D eigenvalue weighted by Gasteiger charge is 2.23. The van der Waals surface area contributed by atoms with E-state index < -0.39 is 11.7 Å². The number of amides is 1. The molecule has 7 heteroatoms. The van der Waals surface area contributed by atoms with Crippen LogP contribution in [0.4, 0.5) is 5.69 Å². The number of benzene rings is 1. The van der Waals surface area contributed by atoms with Gasteiger partial charge in [0.05, 0.1) is 21.8 Å². The summed E-state index contributed by atoms with van der Waals surface area (Å²) in [6.45, 7) is 7.74. The summed E-state index contributed by atoms with van der Waals surface area (Å²) in [6.07, 6.45) is 6.37. The molecule has 1 fully saturated rings. The van der Waals surface area contributed by atoms with Gasteiger partial charge in [0.25, 0.3) is 11.7 Å². The Balaban J connectivity index is 1.68. The number of hydrogen-bond acceptors (Lipinski definition) is 4. The Morgan fingerprint density at radius 2 is 1.93 bits per heavy atom. The van der Waals surface area contributed by atoms with E-state index in [0.29, 0.717) is 28.2 Å². The van der Waals surface area contributed by atoms with Crippen molar-refractivity contribution in [3.63, 3.8) is 0 Å². The summed E-state index contributed by atoms with van der Waals surface area (Å²) in [5.41, 5.74) is 7.49. The van der Waals surface area contributed by atoms with Crippen LogP contribution in [0.3, 0.4) is 0 Å². The van der Waals surface area contributed by atoms with Crippen molar-refractivity contribution in [2.75, 3.05) is 31.9 Å². The minimum atomic E-state index is -0.574. The maximum absolute atomic E-state index is 12.8. The van der Waals surface area contributed by atoms with Crippen molar-refractivity contribution in [1.29, 1.82) is 0 Å². The van der Waals surface area contributed by atoms with Gasteiger partial charge in [-0.2, -0.15) is 0 Å². The second-order valence-electron chi connectivity index (χ2n) is 7.78. The number of likely N-dealkylation sites (tertiary alicyclic amines) is 1. The number of hydrogen-bond donors (Lipinski definition) is 2. The first-order valence-corrected chi connectivity index (χ1v) is 10.4. The van der Waals surface area contributed by atoms with Gasteiger partial charge in [-0.3, -0.25) is 9.59 Å². The monoisotopic (exact) mass is 404 g/mol. The van der Waals surface area contributed by atoms with Crippen LogP contribution in [0.5, 0.6) is 0 Å². The zero-order valence-electron chi connectivity index (χ0n) is 16.6. The van der Waals surface area contributed by atoms with Crippen molar-refractivity contribution >= 4 is 39.9 Å². The number of nitrogen functional groups attached to an aromatic ring is 1. The summed E-state index contributed by atoms with van der Waals surface area (Å²) in [6, 6.07) is 3.55. The third kappa shape index (κ3) is 4.50. The summed E-state index contributed by atoms with van der Waals surface area (Å²) < 4.78 is 1.94. The molecule has 1 aliphatic rings. The zero-order chi connectivity index (χ0) is 20.3. The van der Waals surface area contributed by atoms with Crippen LogP contribution in [0.15, 0.2) is 18.3 Å². The van der Waals surface area contributed by atoms with E-state index in [0.717, 1.165) is 31.6 Å². The Kier molecular flexibility index (Phi) is 6.62. The van der Waals surface area contributed by atoms with Gasteiger partial charge >= 0.3 is 0 Å². The number of fused-ring (bicyclic) bond motifs is 1. The van der Waals surface area contributed by atoms with Crippen LogP contribution in [0.2, 0.25) is 5.02 Å². The minimum absolute atomic E-state index is 0.122. The largest absolute Gasteiger partial charge is 0.398 e. The van der Waals surface area contributed by atoms with Gasteiger partial charge < -0.3 is 20.5 Å². The molecule has 0 bridgehead atoms. The standard InChI is InChI=1S/C21H29ClN4O2/c1-14(2)26-13-16(15-11-18(23)17(22)12-19(15)26)20(27)21(28)24-7-6-10-25-8-4-3-5-9-25/h11-14H,3-10,23H2,1-2H3,(H,24,28). The Morgan fingerprint density at radius 1 is 1.21 bits per heavy atom. The maximum atomic E-state index is 12.8. The van der Waals surface area contributed by atoms with Gasteiger partial charge in [0, 0.05) is 24.2 Å². The zero-order valence-corrected chi connectivity index (χ0v) is 17.4. The smallest absolute Gasteiger partial charge is 0.292 e. The van der Waals surface area contributed by atoms with Crippen LogP contribution >= 0.6 is 11.6 Å². The van der Waals surface area contributed by atoms with Gasteiger partial charge in [0.1, 0.15) is 0 Å². The molecule has 1 saturated heterocycles. The van der Waals surface area contributed by atoms with Crippen LogP contribution < -0.4 is 11.1 Å². The van der Waals surface area contributed by atoms with E-state index in [1.165, 1.54) is 19.3 Å². The van der Waals surface area contributed by atoms with E-state index in [1.807, 2.05) is 18.4 Å². The Bertz CT molecular complexity index is 869. The number of aromatic nitrogens is 1. The lowest BCUT2D eigenvalue weighted by Gasteiger charge is -2.26. The van der Waals surface area contributed by atoms with Gasteiger partial charge in [-0.15, -0.1) is 0 Å². The average molecular weight is 405 g/mol. The lowest BCUT2D eigenvalue weighted by Crippen LogP contribution is -2.35. The van der Waals surface area contributed by atoms with Crippen LogP contribution in [0.25, 0.3) is 10.9 Å². The predicted molar refractivity (Wildman–Crippen MR) is 114 cm³/mol. The first-order chi connectivity index (χ1) is 13.4. The first-order valence-electron chi connectivity index (χ1n) is 10.0. The van der Waals surface area contributed by atoms with E-state index >= 15 is 0 Å². The molecule has 0 aliphatic carbocycles. The topological polar surface area (TPSA) is 80.4 Å². The number of anilines is 1. The van der Waals surface area contributed by atoms with Crippen LogP contribution in [-0.2, 0) is 4.79 Å². The van der Waals surface area contributed by atoms with Crippen molar-refractivity contribution in [3.8, 4) is 0 Å². The molecule has 0 saturated carbocycles. The highest BCUT2D eigenvalue weighted by atomic mass is 35.5. The number of Topliss-reactive ketones (excluding diaryl/α,β-unsaturated/α-hetero) is 1.